The van der Waals surface area contributed by atoms with Crippen LogP contribution in [-0.2, 0) is 0 Å². The monoisotopic (exact) mass is 217 g/mol. The minimum absolute atomic E-state index is 0.0762. The van der Waals surface area contributed by atoms with Gasteiger partial charge in [-0.05, 0) is 37.3 Å². The van der Waals surface area contributed by atoms with E-state index >= 15 is 0 Å². The zero-order valence-corrected chi connectivity index (χ0v) is 9.01. The quantitative estimate of drug-likeness (QED) is 0.782. The first-order valence-electron chi connectivity index (χ1n) is 5.49. The van der Waals surface area contributed by atoms with Crippen molar-refractivity contribution >= 4 is 10.9 Å². The van der Waals surface area contributed by atoms with E-state index in [4.69, 9.17) is 0 Å². The van der Waals surface area contributed by atoms with Gasteiger partial charge in [0, 0.05) is 11.8 Å². The Morgan fingerprint density at radius 2 is 2.12 bits per heavy atom. The second kappa shape index (κ2) is 3.17. The zero-order chi connectivity index (χ0) is 11.3. The molecule has 0 saturated heterocycles. The second-order valence-electron chi connectivity index (χ2n) is 4.48. The SMILES string of the molecule is Cc1ccc(F)c2[nH]c(C3CC3)cc(=O)c12. The van der Waals surface area contributed by atoms with Gasteiger partial charge in [0.1, 0.15) is 5.82 Å². The molecule has 3 rings (SSSR count). The molecule has 2 nitrogen and oxygen atoms in total. The molecular weight excluding hydrogens is 205 g/mol. The van der Waals surface area contributed by atoms with E-state index in [1.54, 1.807) is 12.1 Å². The number of pyridine rings is 1. The van der Waals surface area contributed by atoms with E-state index in [9.17, 15) is 9.18 Å². The predicted molar refractivity (Wildman–Crippen MR) is 61.2 cm³/mol. The summed E-state index contributed by atoms with van der Waals surface area (Å²) in [6, 6.07) is 4.67. The van der Waals surface area contributed by atoms with Crippen LogP contribution in [0, 0.1) is 12.7 Å². The lowest BCUT2D eigenvalue weighted by molar-refractivity contribution is 0.636. The molecule has 1 aliphatic rings. The molecule has 2 aromatic rings. The highest BCUT2D eigenvalue weighted by molar-refractivity contribution is 5.82. The van der Waals surface area contributed by atoms with Crippen LogP contribution < -0.4 is 5.43 Å². The van der Waals surface area contributed by atoms with Crippen LogP contribution >= 0.6 is 0 Å². The van der Waals surface area contributed by atoms with Gasteiger partial charge in [0.25, 0.3) is 0 Å². The van der Waals surface area contributed by atoms with Gasteiger partial charge in [-0.1, -0.05) is 6.07 Å². The summed E-state index contributed by atoms with van der Waals surface area (Å²) in [6.07, 6.45) is 2.18. The van der Waals surface area contributed by atoms with Crippen molar-refractivity contribution in [3.05, 3.63) is 45.5 Å². The van der Waals surface area contributed by atoms with E-state index in [-0.39, 0.29) is 11.2 Å². The number of H-pyrrole nitrogens is 1. The van der Waals surface area contributed by atoms with Crippen molar-refractivity contribution < 1.29 is 4.39 Å². The fraction of sp³-hybridized carbons (Fsp3) is 0.308. The number of fused-ring (bicyclic) bond motifs is 1. The minimum Gasteiger partial charge on any atom is -0.356 e. The van der Waals surface area contributed by atoms with E-state index in [2.05, 4.69) is 4.98 Å². The third-order valence-corrected chi connectivity index (χ3v) is 3.18. The molecule has 1 aromatic heterocycles. The van der Waals surface area contributed by atoms with Crippen molar-refractivity contribution in [1.82, 2.24) is 4.98 Å². The van der Waals surface area contributed by atoms with Crippen molar-refractivity contribution in [2.24, 2.45) is 0 Å². The second-order valence-corrected chi connectivity index (χ2v) is 4.48. The van der Waals surface area contributed by atoms with Gasteiger partial charge in [0.15, 0.2) is 5.43 Å². The van der Waals surface area contributed by atoms with Gasteiger partial charge < -0.3 is 4.98 Å². The molecule has 0 bridgehead atoms. The van der Waals surface area contributed by atoms with Gasteiger partial charge in [-0.15, -0.1) is 0 Å². The number of aromatic nitrogens is 1. The first-order valence-corrected chi connectivity index (χ1v) is 5.49. The number of benzene rings is 1. The van der Waals surface area contributed by atoms with Crippen molar-refractivity contribution in [1.29, 1.82) is 0 Å². The molecule has 1 heterocycles. The summed E-state index contributed by atoms with van der Waals surface area (Å²) in [7, 11) is 0. The average Bonchev–Trinajstić information content (AvgIpc) is 3.06. The number of rotatable bonds is 1. The zero-order valence-electron chi connectivity index (χ0n) is 9.01. The van der Waals surface area contributed by atoms with Gasteiger partial charge in [0.2, 0.25) is 0 Å². The molecule has 1 aromatic carbocycles. The highest BCUT2D eigenvalue weighted by atomic mass is 19.1. The third-order valence-electron chi connectivity index (χ3n) is 3.18. The first-order chi connectivity index (χ1) is 7.66. The predicted octanol–water partition coefficient (Wildman–Crippen LogP) is 2.85. The minimum atomic E-state index is -0.347. The Hall–Kier alpha value is -1.64. The van der Waals surface area contributed by atoms with Gasteiger partial charge in [-0.2, -0.15) is 0 Å². The van der Waals surface area contributed by atoms with Crippen LogP contribution in [0.3, 0.4) is 0 Å². The number of hydrogen-bond donors (Lipinski definition) is 1. The Bertz CT molecular complexity index is 626. The molecule has 1 aliphatic carbocycles. The smallest absolute Gasteiger partial charge is 0.190 e. The van der Waals surface area contributed by atoms with Gasteiger partial charge in [-0.3, -0.25) is 4.79 Å². The molecular formula is C13H12FNO. The van der Waals surface area contributed by atoms with E-state index in [1.165, 1.54) is 6.07 Å². The largest absolute Gasteiger partial charge is 0.356 e. The van der Waals surface area contributed by atoms with Crippen LogP contribution in [0.25, 0.3) is 10.9 Å². The maximum Gasteiger partial charge on any atom is 0.190 e. The number of halogens is 1. The summed E-state index contributed by atoms with van der Waals surface area (Å²) < 4.78 is 13.6. The molecule has 16 heavy (non-hydrogen) atoms. The van der Waals surface area contributed by atoms with Crippen molar-refractivity contribution in [2.45, 2.75) is 25.7 Å². The highest BCUT2D eigenvalue weighted by Gasteiger charge is 2.25. The number of hydrogen-bond acceptors (Lipinski definition) is 1. The van der Waals surface area contributed by atoms with Gasteiger partial charge in [0.05, 0.1) is 10.9 Å². The van der Waals surface area contributed by atoms with E-state index in [1.807, 2.05) is 6.92 Å². The third kappa shape index (κ3) is 1.35. The molecule has 1 fully saturated rings. The van der Waals surface area contributed by atoms with E-state index in [0.717, 1.165) is 24.1 Å². The van der Waals surface area contributed by atoms with E-state index < -0.39 is 0 Å². The van der Waals surface area contributed by atoms with Crippen LogP contribution in [0.1, 0.15) is 30.0 Å². The lowest BCUT2D eigenvalue weighted by Gasteiger charge is -2.05. The Balaban J connectivity index is 2.41. The fourth-order valence-electron chi connectivity index (χ4n) is 2.13. The van der Waals surface area contributed by atoms with Crippen molar-refractivity contribution in [2.75, 3.05) is 0 Å². The molecule has 82 valence electrons. The topological polar surface area (TPSA) is 32.9 Å². The van der Waals surface area contributed by atoms with Crippen molar-refractivity contribution in [3.63, 3.8) is 0 Å². The van der Waals surface area contributed by atoms with Crippen LogP contribution in [0.15, 0.2) is 23.0 Å². The molecule has 3 heteroatoms. The lowest BCUT2D eigenvalue weighted by Crippen LogP contribution is -2.07. The molecule has 0 spiro atoms. The summed E-state index contributed by atoms with van der Waals surface area (Å²) in [6.45, 7) is 1.83. The average molecular weight is 217 g/mol. The van der Waals surface area contributed by atoms with Crippen LogP contribution in [-0.4, -0.2) is 4.98 Å². The van der Waals surface area contributed by atoms with E-state index in [0.29, 0.717) is 16.8 Å². The molecule has 0 aliphatic heterocycles. The standard InChI is InChI=1S/C13H12FNO/c1-7-2-5-9(14)13-12(7)11(16)6-10(15-13)8-3-4-8/h2,5-6,8H,3-4H2,1H3,(H,15,16). The van der Waals surface area contributed by atoms with Gasteiger partial charge >= 0.3 is 0 Å². The Morgan fingerprint density at radius 3 is 2.81 bits per heavy atom. The Morgan fingerprint density at radius 1 is 1.38 bits per heavy atom. The molecule has 0 radical (unpaired) electrons. The lowest BCUT2D eigenvalue weighted by atomic mass is 10.1. The number of aromatic amines is 1. The number of aryl methyl sites for hydroxylation is 1. The maximum absolute atomic E-state index is 13.6. The summed E-state index contributed by atoms with van der Waals surface area (Å²) in [5.74, 6) is 0.0808. The van der Waals surface area contributed by atoms with Crippen LogP contribution in [0.4, 0.5) is 4.39 Å². The highest BCUT2D eigenvalue weighted by Crippen LogP contribution is 2.39. The Kier molecular flexibility index (Phi) is 1.90. The summed E-state index contributed by atoms with van der Waals surface area (Å²) in [4.78, 5) is 15.0. The maximum atomic E-state index is 13.6. The molecule has 1 saturated carbocycles. The molecule has 0 amide bonds. The summed E-state index contributed by atoms with van der Waals surface area (Å²) >= 11 is 0. The first kappa shape index (κ1) is 9.58. The molecule has 0 atom stereocenters. The fourth-order valence-corrected chi connectivity index (χ4v) is 2.13. The summed E-state index contributed by atoms with van der Waals surface area (Å²) in [5.41, 5.74) is 1.98. The molecule has 1 N–H and O–H groups in total. The normalized spacial score (nSPS) is 15.6. The molecule has 0 unspecified atom stereocenters. The van der Waals surface area contributed by atoms with Crippen molar-refractivity contribution in [3.8, 4) is 0 Å². The summed E-state index contributed by atoms with van der Waals surface area (Å²) in [5, 5.41) is 0.476. The Labute approximate surface area is 92.1 Å². The van der Waals surface area contributed by atoms with Crippen LogP contribution in [0.5, 0.6) is 0 Å². The van der Waals surface area contributed by atoms with Gasteiger partial charge in [-0.25, -0.2) is 4.39 Å². The number of nitrogens with one attached hydrogen (secondary N) is 1. The van der Waals surface area contributed by atoms with Crippen LogP contribution in [0.2, 0.25) is 0 Å².